The number of benzene rings is 4. The number of hydrogen-bond acceptors (Lipinski definition) is 6. The number of carbonyl (C=O) groups excluding carboxylic acids is 2. The molecule has 1 amide bonds. The summed E-state index contributed by atoms with van der Waals surface area (Å²) in [6.45, 7) is 2.91. The molecular weight excluding hydrogens is 554 g/mol. The molecular formula is C37H31NO6. The van der Waals surface area contributed by atoms with Gasteiger partial charge in [0.25, 0.3) is 11.7 Å². The van der Waals surface area contributed by atoms with Gasteiger partial charge in [0.15, 0.2) is 0 Å². The summed E-state index contributed by atoms with van der Waals surface area (Å²) >= 11 is 0. The van der Waals surface area contributed by atoms with Crippen LogP contribution < -0.4 is 9.47 Å². The van der Waals surface area contributed by atoms with E-state index >= 15 is 0 Å². The molecule has 6 rings (SSSR count). The Kier molecular flexibility index (Phi) is 8.28. The van der Waals surface area contributed by atoms with Crippen LogP contribution in [0.15, 0.2) is 132 Å². The highest BCUT2D eigenvalue weighted by atomic mass is 16.5. The molecule has 1 aliphatic rings. The van der Waals surface area contributed by atoms with E-state index in [1.807, 2.05) is 73.7 Å². The maximum absolute atomic E-state index is 13.4. The molecule has 1 N–H and O–H groups in total. The lowest BCUT2D eigenvalue weighted by Crippen LogP contribution is -2.29. The van der Waals surface area contributed by atoms with Gasteiger partial charge in [0.1, 0.15) is 36.2 Å². The van der Waals surface area contributed by atoms with Gasteiger partial charge in [0.2, 0.25) is 0 Å². The molecule has 2 heterocycles. The molecule has 1 aromatic heterocycles. The molecule has 44 heavy (non-hydrogen) atoms. The summed E-state index contributed by atoms with van der Waals surface area (Å²) in [6.07, 6.45) is 1.52. The van der Waals surface area contributed by atoms with E-state index in [4.69, 9.17) is 13.9 Å². The Morgan fingerprint density at radius 3 is 2.11 bits per heavy atom. The van der Waals surface area contributed by atoms with Gasteiger partial charge in [0, 0.05) is 5.56 Å². The van der Waals surface area contributed by atoms with Gasteiger partial charge >= 0.3 is 0 Å². The van der Waals surface area contributed by atoms with Crippen LogP contribution in [0.1, 0.15) is 39.6 Å². The summed E-state index contributed by atoms with van der Waals surface area (Å²) in [6, 6.07) is 34.5. The maximum Gasteiger partial charge on any atom is 0.296 e. The second-order valence-corrected chi connectivity index (χ2v) is 10.6. The van der Waals surface area contributed by atoms with Gasteiger partial charge in [-0.25, -0.2) is 0 Å². The summed E-state index contributed by atoms with van der Waals surface area (Å²) in [5.74, 6) is 0.0477. The predicted molar refractivity (Wildman–Crippen MR) is 166 cm³/mol. The van der Waals surface area contributed by atoms with Crippen LogP contribution in [0.5, 0.6) is 11.5 Å². The molecule has 7 nitrogen and oxygen atoms in total. The van der Waals surface area contributed by atoms with Crippen LogP contribution in [0, 0.1) is 6.92 Å². The molecule has 0 bridgehead atoms. The number of aliphatic hydroxyl groups is 1. The summed E-state index contributed by atoms with van der Waals surface area (Å²) in [7, 11) is 0. The fourth-order valence-corrected chi connectivity index (χ4v) is 5.24. The highest BCUT2D eigenvalue weighted by molar-refractivity contribution is 6.46. The van der Waals surface area contributed by atoms with E-state index in [2.05, 4.69) is 0 Å². The molecule has 1 fully saturated rings. The van der Waals surface area contributed by atoms with Crippen LogP contribution >= 0.6 is 0 Å². The summed E-state index contributed by atoms with van der Waals surface area (Å²) in [4.78, 5) is 28.2. The number of furan rings is 1. The molecule has 7 heteroatoms. The number of aliphatic hydroxyl groups excluding tert-OH is 1. The number of rotatable bonds is 10. The Morgan fingerprint density at radius 2 is 1.43 bits per heavy atom. The monoisotopic (exact) mass is 585 g/mol. The normalized spacial score (nSPS) is 15.8. The minimum absolute atomic E-state index is 0.00749. The largest absolute Gasteiger partial charge is 0.507 e. The van der Waals surface area contributed by atoms with E-state index in [0.29, 0.717) is 41.6 Å². The van der Waals surface area contributed by atoms with Crippen molar-refractivity contribution in [2.75, 3.05) is 0 Å². The van der Waals surface area contributed by atoms with Gasteiger partial charge in [-0.1, -0.05) is 66.7 Å². The van der Waals surface area contributed by atoms with Crippen LogP contribution in [0.4, 0.5) is 0 Å². The summed E-state index contributed by atoms with van der Waals surface area (Å²) in [5, 5.41) is 11.5. The first kappa shape index (κ1) is 28.6. The zero-order valence-electron chi connectivity index (χ0n) is 24.2. The van der Waals surface area contributed by atoms with Crippen molar-refractivity contribution in [3.8, 4) is 11.5 Å². The average Bonchev–Trinajstić information content (AvgIpc) is 3.66. The van der Waals surface area contributed by atoms with E-state index in [0.717, 1.165) is 16.7 Å². The number of Topliss-reactive ketones (excluding diaryl/α,β-unsaturated/α-hetero) is 1. The standard InChI is InChI=1S/C37H31NO6/c1-25-8-5-6-11-29(25)24-44-31-19-15-28(16-20-31)35(39)33-34(38(37(41)36(33)40)22-32-12-7-21-42-32)27-13-17-30(18-14-27)43-23-26-9-3-2-4-10-26/h2-21,34,39H,22-24H2,1H3/b35-33+. The molecule has 0 spiro atoms. The van der Waals surface area contributed by atoms with Crippen molar-refractivity contribution in [3.05, 3.63) is 161 Å². The first-order chi connectivity index (χ1) is 21.5. The fourth-order valence-electron chi connectivity index (χ4n) is 5.24. The lowest BCUT2D eigenvalue weighted by Gasteiger charge is -2.24. The minimum Gasteiger partial charge on any atom is -0.507 e. The number of carbonyl (C=O) groups is 2. The van der Waals surface area contributed by atoms with Gasteiger partial charge in [-0.3, -0.25) is 9.59 Å². The second-order valence-electron chi connectivity index (χ2n) is 10.6. The minimum atomic E-state index is -0.833. The van der Waals surface area contributed by atoms with Crippen molar-refractivity contribution in [1.29, 1.82) is 0 Å². The zero-order valence-corrected chi connectivity index (χ0v) is 24.2. The number of ketones is 1. The maximum atomic E-state index is 13.4. The molecule has 1 saturated heterocycles. The Labute approximate surface area is 255 Å². The van der Waals surface area contributed by atoms with Crippen molar-refractivity contribution in [2.24, 2.45) is 0 Å². The van der Waals surface area contributed by atoms with E-state index in [1.165, 1.54) is 11.2 Å². The van der Waals surface area contributed by atoms with E-state index in [-0.39, 0.29) is 17.9 Å². The third-order valence-electron chi connectivity index (χ3n) is 7.67. The van der Waals surface area contributed by atoms with Crippen LogP contribution in [0.2, 0.25) is 0 Å². The highest BCUT2D eigenvalue weighted by Crippen LogP contribution is 2.41. The second kappa shape index (κ2) is 12.8. The Bertz CT molecular complexity index is 1770. The Hall–Kier alpha value is -5.56. The van der Waals surface area contributed by atoms with Crippen LogP contribution in [0.3, 0.4) is 0 Å². The Balaban J connectivity index is 1.28. The quantitative estimate of drug-likeness (QED) is 0.105. The van der Waals surface area contributed by atoms with Crippen molar-refractivity contribution in [2.45, 2.75) is 32.7 Å². The number of likely N-dealkylation sites (tertiary alicyclic amines) is 1. The predicted octanol–water partition coefficient (Wildman–Crippen LogP) is 7.37. The molecule has 0 saturated carbocycles. The van der Waals surface area contributed by atoms with Gasteiger partial charge in [-0.05, 0) is 77.7 Å². The Morgan fingerprint density at radius 1 is 0.773 bits per heavy atom. The van der Waals surface area contributed by atoms with Gasteiger partial charge in [-0.2, -0.15) is 0 Å². The smallest absolute Gasteiger partial charge is 0.296 e. The van der Waals surface area contributed by atoms with Gasteiger partial charge in [0.05, 0.1) is 24.4 Å². The summed E-state index contributed by atoms with van der Waals surface area (Å²) in [5.41, 5.74) is 4.31. The van der Waals surface area contributed by atoms with E-state index in [9.17, 15) is 14.7 Å². The van der Waals surface area contributed by atoms with Crippen molar-refractivity contribution in [1.82, 2.24) is 4.90 Å². The molecule has 1 atom stereocenters. The van der Waals surface area contributed by atoms with Crippen molar-refractivity contribution < 1.29 is 28.6 Å². The number of nitrogens with zero attached hydrogens (tertiary/aromatic N) is 1. The first-order valence-corrected chi connectivity index (χ1v) is 14.3. The van der Waals surface area contributed by atoms with Crippen LogP contribution in [0.25, 0.3) is 5.76 Å². The van der Waals surface area contributed by atoms with Crippen LogP contribution in [-0.4, -0.2) is 21.7 Å². The lowest BCUT2D eigenvalue weighted by atomic mass is 9.95. The van der Waals surface area contributed by atoms with Crippen molar-refractivity contribution >= 4 is 17.4 Å². The first-order valence-electron chi connectivity index (χ1n) is 14.3. The topological polar surface area (TPSA) is 89.2 Å². The fraction of sp³-hybridized carbons (Fsp3) is 0.135. The van der Waals surface area contributed by atoms with E-state index < -0.39 is 17.7 Å². The molecule has 0 radical (unpaired) electrons. The lowest BCUT2D eigenvalue weighted by molar-refractivity contribution is -0.140. The number of ether oxygens (including phenoxy) is 2. The number of amides is 1. The van der Waals surface area contributed by atoms with Crippen LogP contribution in [-0.2, 0) is 29.3 Å². The third-order valence-corrected chi connectivity index (χ3v) is 7.67. The summed E-state index contributed by atoms with van der Waals surface area (Å²) < 4.78 is 17.4. The number of aryl methyl sites for hydroxylation is 1. The SMILES string of the molecule is Cc1ccccc1COc1ccc(/C(O)=C2\C(=O)C(=O)N(Cc3ccco3)C2c2ccc(OCc3ccccc3)cc2)cc1. The average molecular weight is 586 g/mol. The molecule has 4 aromatic carbocycles. The van der Waals surface area contributed by atoms with Gasteiger partial charge < -0.3 is 23.9 Å². The highest BCUT2D eigenvalue weighted by Gasteiger charge is 2.46. The molecule has 0 aliphatic carbocycles. The molecule has 1 aliphatic heterocycles. The van der Waals surface area contributed by atoms with Gasteiger partial charge in [-0.15, -0.1) is 0 Å². The number of hydrogen-bond donors (Lipinski definition) is 1. The molecule has 5 aromatic rings. The molecule has 220 valence electrons. The van der Waals surface area contributed by atoms with E-state index in [1.54, 1.807) is 48.5 Å². The third kappa shape index (κ3) is 6.13. The zero-order chi connectivity index (χ0) is 30.5. The van der Waals surface area contributed by atoms with Crippen molar-refractivity contribution in [3.63, 3.8) is 0 Å². The molecule has 1 unspecified atom stereocenters.